The van der Waals surface area contributed by atoms with E-state index >= 15 is 0 Å². The number of hydrogen-bond acceptors (Lipinski definition) is 5. The van der Waals surface area contributed by atoms with E-state index in [1.54, 1.807) is 0 Å². The van der Waals surface area contributed by atoms with Gasteiger partial charge in [0, 0.05) is 22.6 Å². The Labute approximate surface area is 139 Å². The van der Waals surface area contributed by atoms with Gasteiger partial charge in [-0.2, -0.15) is 4.98 Å². The summed E-state index contributed by atoms with van der Waals surface area (Å²) in [4.78, 5) is 4.56. The lowest BCUT2D eigenvalue weighted by Gasteiger charge is -2.26. The van der Waals surface area contributed by atoms with E-state index in [0.717, 1.165) is 30.9 Å². The number of anilines is 2. The van der Waals surface area contributed by atoms with Crippen molar-refractivity contribution >= 4 is 11.6 Å². The van der Waals surface area contributed by atoms with Gasteiger partial charge in [-0.15, -0.1) is 0 Å². The Kier molecular flexibility index (Phi) is 2.89. The van der Waals surface area contributed by atoms with E-state index in [4.69, 9.17) is 9.26 Å². The molecule has 1 saturated carbocycles. The van der Waals surface area contributed by atoms with Gasteiger partial charge in [-0.1, -0.05) is 36.4 Å². The van der Waals surface area contributed by atoms with Gasteiger partial charge in [0.2, 0.25) is 5.89 Å². The Bertz CT molecular complexity index is 877. The van der Waals surface area contributed by atoms with Crippen molar-refractivity contribution in [2.45, 2.75) is 24.2 Å². The molecule has 1 N–H and O–H groups in total. The average molecular weight is 319 g/mol. The van der Waals surface area contributed by atoms with Gasteiger partial charge in [-0.05, 0) is 36.2 Å². The molecule has 2 aliphatic rings. The smallest absolute Gasteiger partial charge is 0.267 e. The van der Waals surface area contributed by atoms with Gasteiger partial charge >= 0.3 is 0 Å². The van der Waals surface area contributed by atoms with Crippen LogP contribution < -0.4 is 10.1 Å². The minimum absolute atomic E-state index is 0.103. The number of nitrogens with one attached hydrogen (secondary N) is 1. The molecule has 0 bridgehead atoms. The fraction of sp³-hybridized carbons (Fsp3) is 0.263. The molecular formula is C19H17N3O2. The van der Waals surface area contributed by atoms with Gasteiger partial charge in [0.1, 0.15) is 5.75 Å². The van der Waals surface area contributed by atoms with Crippen molar-refractivity contribution < 1.29 is 9.26 Å². The summed E-state index contributed by atoms with van der Waals surface area (Å²) in [6.07, 6.45) is 2.04. The normalized spacial score (nSPS) is 24.2. The van der Waals surface area contributed by atoms with E-state index in [2.05, 4.69) is 27.6 Å². The Hall–Kier alpha value is -2.82. The van der Waals surface area contributed by atoms with Crippen molar-refractivity contribution in [1.29, 1.82) is 0 Å². The van der Waals surface area contributed by atoms with E-state index in [9.17, 15) is 0 Å². The van der Waals surface area contributed by atoms with E-state index in [-0.39, 0.29) is 11.3 Å². The molecule has 1 spiro atoms. The van der Waals surface area contributed by atoms with E-state index in [0.29, 0.717) is 11.8 Å². The predicted molar refractivity (Wildman–Crippen MR) is 89.6 cm³/mol. The highest BCUT2D eigenvalue weighted by atomic mass is 16.5. The van der Waals surface area contributed by atoms with Crippen molar-refractivity contribution in [3.63, 3.8) is 0 Å². The molecule has 1 aromatic heterocycles. The maximum atomic E-state index is 5.79. The van der Waals surface area contributed by atoms with Crippen molar-refractivity contribution in [1.82, 2.24) is 10.1 Å². The Morgan fingerprint density at radius 2 is 1.88 bits per heavy atom. The van der Waals surface area contributed by atoms with Gasteiger partial charge in [-0.25, -0.2) is 0 Å². The average Bonchev–Trinajstić information content (AvgIpc) is 3.14. The summed E-state index contributed by atoms with van der Waals surface area (Å²) in [5, 5.41) is 7.26. The first-order chi connectivity index (χ1) is 11.9. The van der Waals surface area contributed by atoms with E-state index in [1.807, 2.05) is 42.5 Å². The van der Waals surface area contributed by atoms with Crippen LogP contribution in [-0.4, -0.2) is 16.7 Å². The molecule has 5 rings (SSSR count). The largest absolute Gasteiger partial charge is 0.493 e. The summed E-state index contributed by atoms with van der Waals surface area (Å²) in [6.45, 7) is 0.747. The molecule has 2 heterocycles. The molecule has 3 aromatic rings. The second-order valence-electron chi connectivity index (χ2n) is 6.45. The number of rotatable bonds is 3. The zero-order valence-electron chi connectivity index (χ0n) is 13.1. The van der Waals surface area contributed by atoms with Crippen LogP contribution in [0.15, 0.2) is 59.1 Å². The molecule has 0 amide bonds. The van der Waals surface area contributed by atoms with Crippen molar-refractivity contribution in [2.24, 2.45) is 0 Å². The molecule has 2 atom stereocenters. The lowest BCUT2D eigenvalue weighted by atomic mass is 9.87. The van der Waals surface area contributed by atoms with Crippen LogP contribution >= 0.6 is 0 Å². The van der Waals surface area contributed by atoms with Gasteiger partial charge in [0.05, 0.1) is 6.61 Å². The molecule has 24 heavy (non-hydrogen) atoms. The molecule has 1 aliphatic heterocycles. The third-order valence-electron chi connectivity index (χ3n) is 5.07. The number of fused-ring (bicyclic) bond motifs is 2. The second kappa shape index (κ2) is 5.09. The minimum Gasteiger partial charge on any atom is -0.493 e. The number of aromatic nitrogens is 2. The van der Waals surface area contributed by atoms with Crippen LogP contribution in [-0.2, 0) is 5.41 Å². The lowest BCUT2D eigenvalue weighted by molar-refractivity contribution is 0.254. The summed E-state index contributed by atoms with van der Waals surface area (Å²) in [7, 11) is 0. The Balaban J connectivity index is 1.40. The van der Waals surface area contributed by atoms with Crippen LogP contribution in [0.25, 0.3) is 0 Å². The first-order valence-electron chi connectivity index (χ1n) is 8.23. The van der Waals surface area contributed by atoms with Crippen LogP contribution in [0, 0.1) is 0 Å². The minimum atomic E-state index is 0.103. The number of ether oxygens (including phenoxy) is 1. The first-order valence-corrected chi connectivity index (χ1v) is 8.23. The van der Waals surface area contributed by atoms with Crippen molar-refractivity contribution in [3.8, 4) is 5.75 Å². The molecule has 2 aromatic carbocycles. The number of para-hydroxylation sites is 2. The molecule has 2 unspecified atom stereocenters. The molecule has 5 nitrogen and oxygen atoms in total. The highest BCUT2D eigenvalue weighted by Gasteiger charge is 2.60. The van der Waals surface area contributed by atoms with Crippen molar-refractivity contribution in [3.05, 3.63) is 66.1 Å². The van der Waals surface area contributed by atoms with Gasteiger partial charge in [0.15, 0.2) is 0 Å². The highest BCUT2D eigenvalue weighted by molar-refractivity contribution is 5.53. The second-order valence-corrected chi connectivity index (χ2v) is 6.45. The third-order valence-corrected chi connectivity index (χ3v) is 5.07. The fourth-order valence-corrected chi connectivity index (χ4v) is 3.76. The summed E-state index contributed by atoms with van der Waals surface area (Å²) >= 11 is 0. The maximum absolute atomic E-state index is 5.79. The lowest BCUT2D eigenvalue weighted by Crippen LogP contribution is -2.21. The van der Waals surface area contributed by atoms with Crippen LogP contribution in [0.2, 0.25) is 0 Å². The molecule has 0 saturated heterocycles. The molecule has 1 aliphatic carbocycles. The molecule has 0 radical (unpaired) electrons. The standard InChI is InChI=1S/C19H17N3O2/c1-2-6-13(7-3-1)20-18-21-17(24-22-18)15-12-19(15)10-11-23-16-9-5-4-8-14(16)19/h1-9,15H,10-12H2,(H,20,22). The first kappa shape index (κ1) is 13.6. The monoisotopic (exact) mass is 319 g/mol. The maximum Gasteiger partial charge on any atom is 0.267 e. The number of hydrogen-bond donors (Lipinski definition) is 1. The van der Waals surface area contributed by atoms with Gasteiger partial charge in [0.25, 0.3) is 5.95 Å². The van der Waals surface area contributed by atoms with Crippen LogP contribution in [0.5, 0.6) is 5.75 Å². The van der Waals surface area contributed by atoms with Gasteiger partial charge < -0.3 is 14.6 Å². The number of nitrogens with zero attached hydrogens (tertiary/aromatic N) is 2. The van der Waals surface area contributed by atoms with Crippen molar-refractivity contribution in [2.75, 3.05) is 11.9 Å². The number of benzene rings is 2. The molecule has 120 valence electrons. The zero-order chi connectivity index (χ0) is 16.0. The summed E-state index contributed by atoms with van der Waals surface area (Å²) in [5.41, 5.74) is 2.33. The molecule has 5 heteroatoms. The van der Waals surface area contributed by atoms with Gasteiger partial charge in [-0.3, -0.25) is 0 Å². The Morgan fingerprint density at radius 3 is 2.79 bits per heavy atom. The fourth-order valence-electron chi connectivity index (χ4n) is 3.76. The Morgan fingerprint density at radius 1 is 1.04 bits per heavy atom. The molecular weight excluding hydrogens is 302 g/mol. The van der Waals surface area contributed by atoms with Crippen LogP contribution in [0.4, 0.5) is 11.6 Å². The summed E-state index contributed by atoms with van der Waals surface area (Å²) in [5.74, 6) is 2.50. The van der Waals surface area contributed by atoms with E-state index < -0.39 is 0 Å². The van der Waals surface area contributed by atoms with E-state index in [1.165, 1.54) is 5.56 Å². The quantitative estimate of drug-likeness (QED) is 0.790. The summed E-state index contributed by atoms with van der Waals surface area (Å²) < 4.78 is 11.3. The predicted octanol–water partition coefficient (Wildman–Crippen LogP) is 4.02. The summed E-state index contributed by atoms with van der Waals surface area (Å²) in [6, 6.07) is 18.2. The topological polar surface area (TPSA) is 60.2 Å². The van der Waals surface area contributed by atoms with Crippen LogP contribution in [0.3, 0.4) is 0 Å². The molecule has 1 fully saturated rings. The third kappa shape index (κ3) is 2.08. The zero-order valence-corrected chi connectivity index (χ0v) is 13.1. The van der Waals surface area contributed by atoms with Crippen LogP contribution in [0.1, 0.15) is 30.2 Å². The SMILES string of the molecule is c1ccc(Nc2noc(C3CC34CCOc3ccccc34)n2)cc1. The highest BCUT2D eigenvalue weighted by Crippen LogP contribution is 2.65.